The van der Waals surface area contributed by atoms with Gasteiger partial charge in [0.05, 0.1) is 7.18 Å². The van der Waals surface area contributed by atoms with E-state index in [1.54, 1.807) is 0 Å². The van der Waals surface area contributed by atoms with E-state index in [0.29, 0.717) is 7.18 Å². The third-order valence-electron chi connectivity index (χ3n) is 2.57. The molecular weight excluding hydrogens is 396 g/mol. The minimum absolute atomic E-state index is 0.411. The molecule has 0 N–H and O–H groups in total. The molecular formula is C10H10F12O3. The zero-order chi connectivity index (χ0) is 20.5. The highest BCUT2D eigenvalue weighted by Crippen LogP contribution is 2.58. The van der Waals surface area contributed by atoms with Gasteiger partial charge in [-0.3, -0.25) is 18.6 Å². The van der Waals surface area contributed by atoms with Gasteiger partial charge in [0.15, 0.2) is 13.3 Å². The molecule has 0 saturated carbocycles. The second-order valence-corrected chi connectivity index (χ2v) is 4.52. The molecule has 0 spiro atoms. The van der Waals surface area contributed by atoms with Crippen LogP contribution in [-0.2, 0) is 14.2 Å². The predicted octanol–water partition coefficient (Wildman–Crippen LogP) is 4.37. The van der Waals surface area contributed by atoms with Crippen LogP contribution in [0.3, 0.4) is 0 Å². The molecule has 0 aromatic heterocycles. The quantitative estimate of drug-likeness (QED) is 0.650. The summed E-state index contributed by atoms with van der Waals surface area (Å²) in [4.78, 5) is 0. The van der Waals surface area contributed by atoms with Crippen molar-refractivity contribution < 1.29 is 66.9 Å². The molecule has 3 atom stereocenters. The first-order chi connectivity index (χ1) is 11.0. The molecule has 0 amide bonds. The number of hydrogen-bond acceptors (Lipinski definition) is 3. The van der Waals surface area contributed by atoms with Crippen molar-refractivity contribution >= 4 is 0 Å². The van der Waals surface area contributed by atoms with Crippen molar-refractivity contribution in [3.8, 4) is 0 Å². The molecule has 1 rings (SSSR count). The lowest BCUT2D eigenvalue weighted by atomic mass is 10.1. The third kappa shape index (κ3) is 4.07. The maximum atomic E-state index is 14.0. The van der Waals surface area contributed by atoms with Gasteiger partial charge in [-0.1, -0.05) is 0 Å². The van der Waals surface area contributed by atoms with Crippen molar-refractivity contribution in [2.45, 2.75) is 42.8 Å². The summed E-state index contributed by atoms with van der Waals surface area (Å²) in [5.74, 6) is -15.7. The van der Waals surface area contributed by atoms with Gasteiger partial charge in [-0.05, 0) is 0 Å². The van der Waals surface area contributed by atoms with Gasteiger partial charge in [0.2, 0.25) is 0 Å². The minimum Gasteiger partial charge on any atom is -0.276 e. The summed E-state index contributed by atoms with van der Waals surface area (Å²) in [6, 6.07) is -5.83. The summed E-state index contributed by atoms with van der Waals surface area (Å²) >= 11 is 0. The van der Waals surface area contributed by atoms with Crippen molar-refractivity contribution in [3.63, 3.8) is 0 Å². The van der Waals surface area contributed by atoms with Crippen LogP contribution in [0.25, 0.3) is 0 Å². The molecule has 1 heterocycles. The third-order valence-corrected chi connectivity index (χ3v) is 2.57. The Morgan fingerprint density at radius 1 is 0.840 bits per heavy atom. The van der Waals surface area contributed by atoms with Crippen LogP contribution in [0.2, 0.25) is 0 Å². The Balaban J connectivity index is 0.00000277. The first kappa shape index (κ1) is 24.0. The lowest BCUT2D eigenvalue weighted by molar-refractivity contribution is -0.620. The van der Waals surface area contributed by atoms with E-state index in [1.165, 1.54) is 0 Å². The predicted molar refractivity (Wildman–Crippen MR) is 54.3 cm³/mol. The molecule has 3 unspecified atom stereocenters. The van der Waals surface area contributed by atoms with Gasteiger partial charge in [-0.25, -0.2) is 17.6 Å². The van der Waals surface area contributed by atoms with Gasteiger partial charge >= 0.3 is 30.0 Å². The molecule has 0 aromatic carbocycles. The zero-order valence-corrected chi connectivity index (χ0v) is 12.2. The molecule has 0 aliphatic carbocycles. The molecule has 1 saturated heterocycles. The smallest absolute Gasteiger partial charge is 0.276 e. The second kappa shape index (κ2) is 6.98. The fourth-order valence-corrected chi connectivity index (χ4v) is 1.34. The van der Waals surface area contributed by atoms with Crippen molar-refractivity contribution in [2.75, 3.05) is 20.5 Å². The highest BCUT2D eigenvalue weighted by atomic mass is 19.4. The molecule has 0 aromatic rings. The maximum Gasteiger partial charge on any atom is 0.457 e. The SMILES string of the molecule is CC1(F)OC(F)(OC(F)(CF)CF)C(F)(C(F)(F)F)OC1(F)F.CF. The lowest BCUT2D eigenvalue weighted by Gasteiger charge is -2.49. The van der Waals surface area contributed by atoms with E-state index in [9.17, 15) is 52.7 Å². The summed E-state index contributed by atoms with van der Waals surface area (Å²) in [6.45, 7) is -5.79. The van der Waals surface area contributed by atoms with Crippen molar-refractivity contribution in [3.05, 3.63) is 0 Å². The number of rotatable bonds is 4. The summed E-state index contributed by atoms with van der Waals surface area (Å²) in [5, 5.41) is 0. The molecule has 152 valence electrons. The fourth-order valence-electron chi connectivity index (χ4n) is 1.34. The maximum absolute atomic E-state index is 14.0. The number of alkyl halides is 12. The first-order valence-electron chi connectivity index (χ1n) is 5.80. The van der Waals surface area contributed by atoms with Gasteiger partial charge in [-0.2, -0.15) is 30.7 Å². The summed E-state index contributed by atoms with van der Waals surface area (Å²) in [6.07, 6.45) is -12.5. The number of ether oxygens (including phenoxy) is 3. The van der Waals surface area contributed by atoms with E-state index >= 15 is 0 Å². The van der Waals surface area contributed by atoms with E-state index in [4.69, 9.17) is 0 Å². The van der Waals surface area contributed by atoms with E-state index in [1.807, 2.05) is 0 Å². The molecule has 25 heavy (non-hydrogen) atoms. The lowest BCUT2D eigenvalue weighted by Crippen LogP contribution is -2.74. The van der Waals surface area contributed by atoms with Crippen molar-refractivity contribution in [1.82, 2.24) is 0 Å². The fraction of sp³-hybridized carbons (Fsp3) is 1.00. The van der Waals surface area contributed by atoms with Crippen LogP contribution < -0.4 is 0 Å². The van der Waals surface area contributed by atoms with Gasteiger partial charge in [-0.15, -0.1) is 0 Å². The second-order valence-electron chi connectivity index (χ2n) is 4.52. The van der Waals surface area contributed by atoms with Gasteiger partial charge < -0.3 is 0 Å². The van der Waals surface area contributed by atoms with E-state index in [0.717, 1.165) is 0 Å². The summed E-state index contributed by atoms with van der Waals surface area (Å²) in [7, 11) is 0.500. The Morgan fingerprint density at radius 3 is 1.56 bits per heavy atom. The normalized spacial score (nSPS) is 35.8. The van der Waals surface area contributed by atoms with Crippen LogP contribution in [0.15, 0.2) is 0 Å². The number of hydrogen-bond donors (Lipinski definition) is 0. The van der Waals surface area contributed by atoms with E-state index < -0.39 is 56.2 Å². The largest absolute Gasteiger partial charge is 0.457 e. The summed E-state index contributed by atoms with van der Waals surface area (Å²) in [5.41, 5.74) is 0. The van der Waals surface area contributed by atoms with Crippen LogP contribution in [-0.4, -0.2) is 56.4 Å². The van der Waals surface area contributed by atoms with Crippen LogP contribution in [0.4, 0.5) is 52.7 Å². The Labute approximate surface area is 131 Å². The zero-order valence-electron chi connectivity index (χ0n) is 12.2. The topological polar surface area (TPSA) is 27.7 Å². The average Bonchev–Trinajstić information content (AvgIpc) is 2.45. The van der Waals surface area contributed by atoms with Crippen LogP contribution in [0.5, 0.6) is 0 Å². The first-order valence-corrected chi connectivity index (χ1v) is 5.80. The number of halogens is 12. The Bertz CT molecular complexity index is 447. The molecule has 0 radical (unpaired) electrons. The Kier molecular flexibility index (Phi) is 6.71. The van der Waals surface area contributed by atoms with Crippen LogP contribution in [0, 0.1) is 0 Å². The monoisotopic (exact) mass is 406 g/mol. The Hall–Kier alpha value is -0.960. The van der Waals surface area contributed by atoms with Gasteiger partial charge in [0.1, 0.15) is 0 Å². The molecule has 15 heteroatoms. The molecule has 1 aliphatic rings. The highest BCUT2D eigenvalue weighted by molar-refractivity contribution is 4.97. The molecule has 3 nitrogen and oxygen atoms in total. The van der Waals surface area contributed by atoms with Crippen LogP contribution in [0.1, 0.15) is 6.92 Å². The van der Waals surface area contributed by atoms with E-state index in [2.05, 4.69) is 14.2 Å². The van der Waals surface area contributed by atoms with Crippen molar-refractivity contribution in [2.24, 2.45) is 0 Å². The van der Waals surface area contributed by atoms with Gasteiger partial charge in [0, 0.05) is 6.92 Å². The summed E-state index contributed by atoms with van der Waals surface area (Å²) < 4.78 is 160. The van der Waals surface area contributed by atoms with E-state index in [-0.39, 0.29) is 0 Å². The average molecular weight is 406 g/mol. The van der Waals surface area contributed by atoms with Gasteiger partial charge in [0.25, 0.3) is 5.85 Å². The standard InChI is InChI=1S/C9H7F11O3.CH3F/c1-4(12)8(18,19)23-6(14,7(15,16)17)9(20,21-4)22-5(13,2-10)3-11;1-2/h2-3H2,1H3;1H3. The minimum atomic E-state index is -6.74. The Morgan fingerprint density at radius 2 is 1.24 bits per heavy atom. The molecule has 0 bridgehead atoms. The molecule has 1 fully saturated rings. The van der Waals surface area contributed by atoms with Crippen LogP contribution >= 0.6 is 0 Å². The van der Waals surface area contributed by atoms with Crippen molar-refractivity contribution in [1.29, 1.82) is 0 Å². The highest BCUT2D eigenvalue weighted by Gasteiger charge is 2.85. The molecule has 1 aliphatic heterocycles.